The van der Waals surface area contributed by atoms with Gasteiger partial charge in [-0.2, -0.15) is 0 Å². The van der Waals surface area contributed by atoms with Gasteiger partial charge in [-0.3, -0.25) is 4.79 Å². The number of benzene rings is 1. The van der Waals surface area contributed by atoms with E-state index >= 15 is 0 Å². The molecule has 126 valence electrons. The van der Waals surface area contributed by atoms with E-state index in [1.807, 2.05) is 34.1 Å². The van der Waals surface area contributed by atoms with Gasteiger partial charge in [0.2, 0.25) is 0 Å². The summed E-state index contributed by atoms with van der Waals surface area (Å²) in [4.78, 5) is 29.8. The minimum absolute atomic E-state index is 0.0324. The fraction of sp³-hybridized carbons (Fsp3) is 0.444. The van der Waals surface area contributed by atoms with Gasteiger partial charge in [-0.05, 0) is 36.5 Å². The van der Waals surface area contributed by atoms with Crippen molar-refractivity contribution in [3.63, 3.8) is 0 Å². The zero-order valence-corrected chi connectivity index (χ0v) is 14.2. The molecule has 0 radical (unpaired) electrons. The van der Waals surface area contributed by atoms with Gasteiger partial charge < -0.3 is 14.7 Å². The topological polar surface area (TPSA) is 43.9 Å². The summed E-state index contributed by atoms with van der Waals surface area (Å²) >= 11 is 5.90. The molecule has 0 aromatic heterocycles. The first-order chi connectivity index (χ1) is 11.6. The van der Waals surface area contributed by atoms with E-state index in [4.69, 9.17) is 18.0 Å². The lowest BCUT2D eigenvalue weighted by molar-refractivity contribution is -0.126. The van der Waals surface area contributed by atoms with Gasteiger partial charge in [-0.1, -0.05) is 23.7 Å². The predicted octanol–water partition coefficient (Wildman–Crippen LogP) is 2.20. The van der Waals surface area contributed by atoms with Crippen LogP contribution in [0, 0.1) is 12.3 Å². The highest BCUT2D eigenvalue weighted by atomic mass is 35.5. The average molecular weight is 346 g/mol. The van der Waals surface area contributed by atoms with Crippen molar-refractivity contribution < 1.29 is 9.59 Å². The number of urea groups is 1. The highest BCUT2D eigenvalue weighted by Crippen LogP contribution is 2.22. The molecule has 3 rings (SSSR count). The van der Waals surface area contributed by atoms with Crippen LogP contribution in [0.15, 0.2) is 24.3 Å². The van der Waals surface area contributed by atoms with Crippen molar-refractivity contribution in [2.75, 3.05) is 26.2 Å². The number of hydrogen-bond acceptors (Lipinski definition) is 2. The van der Waals surface area contributed by atoms with E-state index in [1.54, 1.807) is 4.90 Å². The first-order valence-corrected chi connectivity index (χ1v) is 8.52. The molecule has 5 nitrogen and oxygen atoms in total. The molecule has 0 saturated carbocycles. The number of halogens is 1. The third-order valence-corrected chi connectivity index (χ3v) is 4.91. The van der Waals surface area contributed by atoms with Gasteiger partial charge in [-0.15, -0.1) is 6.42 Å². The predicted molar refractivity (Wildman–Crippen MR) is 92.4 cm³/mol. The number of likely N-dealkylation sites (tertiary alicyclic amines) is 1. The lowest BCUT2D eigenvalue weighted by atomic mass is 10.0. The summed E-state index contributed by atoms with van der Waals surface area (Å²) in [5.41, 5.74) is 1.06. The number of rotatable bonds is 3. The second kappa shape index (κ2) is 7.14. The Morgan fingerprint density at radius 3 is 2.71 bits per heavy atom. The Morgan fingerprint density at radius 1 is 1.25 bits per heavy atom. The number of terminal acetylenes is 1. The van der Waals surface area contributed by atoms with Gasteiger partial charge in [-0.25, -0.2) is 4.79 Å². The van der Waals surface area contributed by atoms with Crippen LogP contribution >= 0.6 is 11.6 Å². The Kier molecular flexibility index (Phi) is 4.96. The molecule has 1 aromatic rings. The molecule has 0 aliphatic carbocycles. The van der Waals surface area contributed by atoms with Crippen LogP contribution in [-0.2, 0) is 11.3 Å². The molecule has 0 spiro atoms. The van der Waals surface area contributed by atoms with E-state index in [-0.39, 0.29) is 18.0 Å². The largest absolute Gasteiger partial charge is 0.330 e. The van der Waals surface area contributed by atoms with Crippen LogP contribution in [0.2, 0.25) is 5.02 Å². The average Bonchev–Trinajstić information content (AvgIpc) is 2.97. The maximum atomic E-state index is 12.7. The molecule has 6 heteroatoms. The normalized spacial score (nSPS) is 21.1. The van der Waals surface area contributed by atoms with Crippen molar-refractivity contribution in [2.45, 2.75) is 25.4 Å². The summed E-state index contributed by atoms with van der Waals surface area (Å²) in [7, 11) is 0. The summed E-state index contributed by atoms with van der Waals surface area (Å²) < 4.78 is 0. The molecular weight excluding hydrogens is 326 g/mol. The van der Waals surface area contributed by atoms with Gasteiger partial charge in [0.15, 0.2) is 0 Å². The summed E-state index contributed by atoms with van der Waals surface area (Å²) in [6, 6.07) is 7.63. The molecule has 2 heterocycles. The molecule has 2 saturated heterocycles. The van der Waals surface area contributed by atoms with Crippen LogP contribution in [0.25, 0.3) is 0 Å². The number of piperidine rings is 1. The quantitative estimate of drug-likeness (QED) is 0.788. The standard InChI is InChI=1S/C18H20ClN3O2/c1-2-17(23)20-9-3-4-16(13-20)22-11-10-21(18(22)24)12-14-5-7-15(19)8-6-14/h1,5-8,16H,3-4,9-13H2. The second-order valence-corrected chi connectivity index (χ2v) is 6.65. The summed E-state index contributed by atoms with van der Waals surface area (Å²) in [6.45, 7) is 3.17. The molecule has 2 aliphatic heterocycles. The summed E-state index contributed by atoms with van der Waals surface area (Å²) in [6.07, 6.45) is 6.99. The van der Waals surface area contributed by atoms with Crippen molar-refractivity contribution in [3.05, 3.63) is 34.9 Å². The highest BCUT2D eigenvalue weighted by molar-refractivity contribution is 6.30. The number of carbonyl (C=O) groups is 2. The van der Waals surface area contributed by atoms with Crippen molar-refractivity contribution in [1.29, 1.82) is 0 Å². The number of hydrogen-bond donors (Lipinski definition) is 0. The van der Waals surface area contributed by atoms with Crippen molar-refractivity contribution in [2.24, 2.45) is 0 Å². The first kappa shape index (κ1) is 16.7. The smallest absolute Gasteiger partial charge is 0.320 e. The van der Waals surface area contributed by atoms with Crippen LogP contribution in [0.4, 0.5) is 4.79 Å². The SMILES string of the molecule is C#CC(=O)N1CCCC(N2CCN(Cc3ccc(Cl)cc3)C2=O)C1. The fourth-order valence-electron chi connectivity index (χ4n) is 3.38. The van der Waals surface area contributed by atoms with E-state index in [0.29, 0.717) is 37.7 Å². The van der Waals surface area contributed by atoms with Gasteiger partial charge >= 0.3 is 6.03 Å². The Balaban J connectivity index is 1.62. The number of amides is 3. The third-order valence-electron chi connectivity index (χ3n) is 4.66. The van der Waals surface area contributed by atoms with Crippen molar-refractivity contribution >= 4 is 23.5 Å². The molecule has 3 amide bonds. The lowest BCUT2D eigenvalue weighted by Gasteiger charge is -2.36. The molecule has 2 aliphatic rings. The van der Waals surface area contributed by atoms with Gasteiger partial charge in [0.1, 0.15) is 0 Å². The maximum absolute atomic E-state index is 12.7. The first-order valence-electron chi connectivity index (χ1n) is 8.14. The second-order valence-electron chi connectivity index (χ2n) is 6.22. The molecular formula is C18H20ClN3O2. The summed E-state index contributed by atoms with van der Waals surface area (Å²) in [5.74, 6) is 1.88. The molecule has 0 bridgehead atoms. The monoisotopic (exact) mass is 345 g/mol. The van der Waals surface area contributed by atoms with E-state index in [0.717, 1.165) is 18.4 Å². The van der Waals surface area contributed by atoms with Crippen LogP contribution in [0.1, 0.15) is 18.4 Å². The van der Waals surface area contributed by atoms with E-state index < -0.39 is 0 Å². The molecule has 1 aromatic carbocycles. The zero-order valence-electron chi connectivity index (χ0n) is 13.4. The van der Waals surface area contributed by atoms with Crippen LogP contribution in [0.5, 0.6) is 0 Å². The maximum Gasteiger partial charge on any atom is 0.320 e. The molecule has 1 unspecified atom stereocenters. The van der Waals surface area contributed by atoms with Crippen LogP contribution in [0.3, 0.4) is 0 Å². The minimum Gasteiger partial charge on any atom is -0.330 e. The minimum atomic E-state index is -0.288. The van der Waals surface area contributed by atoms with Gasteiger partial charge in [0, 0.05) is 37.7 Å². The van der Waals surface area contributed by atoms with E-state index in [1.165, 1.54) is 0 Å². The number of carbonyl (C=O) groups excluding carboxylic acids is 2. The molecule has 24 heavy (non-hydrogen) atoms. The van der Waals surface area contributed by atoms with Gasteiger partial charge in [0.05, 0.1) is 6.04 Å². The summed E-state index contributed by atoms with van der Waals surface area (Å²) in [5, 5.41) is 0.689. The van der Waals surface area contributed by atoms with Crippen LogP contribution in [-0.4, -0.2) is 58.9 Å². The Morgan fingerprint density at radius 2 is 2.00 bits per heavy atom. The zero-order chi connectivity index (χ0) is 17.1. The van der Waals surface area contributed by atoms with Crippen molar-refractivity contribution in [3.8, 4) is 12.3 Å². The molecule has 2 fully saturated rings. The molecule has 0 N–H and O–H groups in total. The number of nitrogens with zero attached hydrogens (tertiary/aromatic N) is 3. The fourth-order valence-corrected chi connectivity index (χ4v) is 3.51. The Bertz CT molecular complexity index is 668. The van der Waals surface area contributed by atoms with E-state index in [2.05, 4.69) is 5.92 Å². The molecule has 1 atom stereocenters. The lowest BCUT2D eigenvalue weighted by Crippen LogP contribution is -2.50. The van der Waals surface area contributed by atoms with Crippen molar-refractivity contribution in [1.82, 2.24) is 14.7 Å². The Labute approximate surface area is 147 Å². The van der Waals surface area contributed by atoms with Gasteiger partial charge in [0.25, 0.3) is 5.91 Å². The van der Waals surface area contributed by atoms with E-state index in [9.17, 15) is 9.59 Å². The third kappa shape index (κ3) is 3.49. The Hall–Kier alpha value is -2.19. The van der Waals surface area contributed by atoms with Crippen LogP contribution < -0.4 is 0 Å². The highest BCUT2D eigenvalue weighted by Gasteiger charge is 2.36.